The fourth-order valence-corrected chi connectivity index (χ4v) is 2.45. The number of nitrogens with one attached hydrogen (secondary N) is 1. The molecular weight excluding hydrogens is 200 g/mol. The molecule has 16 heavy (non-hydrogen) atoms. The van der Waals surface area contributed by atoms with Gasteiger partial charge in [-0.2, -0.15) is 0 Å². The van der Waals surface area contributed by atoms with Crippen LogP contribution in [0.3, 0.4) is 0 Å². The van der Waals surface area contributed by atoms with Gasteiger partial charge in [-0.05, 0) is 31.4 Å². The Labute approximate surface area is 96.0 Å². The summed E-state index contributed by atoms with van der Waals surface area (Å²) in [5.74, 6) is 0.964. The summed E-state index contributed by atoms with van der Waals surface area (Å²) in [5, 5.41) is 3.64. The Balaban J connectivity index is 1.72. The molecule has 0 spiro atoms. The molecule has 0 radical (unpaired) electrons. The normalized spacial score (nSPS) is 24.4. The topological polar surface area (TPSA) is 47.3 Å². The van der Waals surface area contributed by atoms with Gasteiger partial charge in [0.1, 0.15) is 12.4 Å². The summed E-state index contributed by atoms with van der Waals surface area (Å²) in [6.45, 7) is 0.771. The van der Waals surface area contributed by atoms with E-state index >= 15 is 0 Å². The summed E-state index contributed by atoms with van der Waals surface area (Å²) in [6, 6.07) is 7.05. The van der Waals surface area contributed by atoms with Crippen LogP contribution in [0.1, 0.15) is 24.8 Å². The highest BCUT2D eigenvalue weighted by molar-refractivity contribution is 5.55. The first kappa shape index (κ1) is 9.97. The maximum absolute atomic E-state index is 5.97. The first-order chi connectivity index (χ1) is 7.83. The van der Waals surface area contributed by atoms with Crippen molar-refractivity contribution in [1.29, 1.82) is 0 Å². The number of hydrogen-bond acceptors (Lipinski definition) is 3. The fraction of sp³-hybridized carbons (Fsp3) is 0.538. The Kier molecular flexibility index (Phi) is 2.48. The molecule has 0 saturated heterocycles. The van der Waals surface area contributed by atoms with Gasteiger partial charge in [0, 0.05) is 23.3 Å². The maximum Gasteiger partial charge on any atom is 0.124 e. The largest absolute Gasteiger partial charge is 0.492 e. The van der Waals surface area contributed by atoms with Crippen LogP contribution < -0.4 is 15.8 Å². The molecule has 3 rings (SSSR count). The van der Waals surface area contributed by atoms with Crippen molar-refractivity contribution >= 4 is 5.69 Å². The van der Waals surface area contributed by atoms with Gasteiger partial charge in [-0.15, -0.1) is 0 Å². The number of nitrogens with two attached hydrogens (primary N) is 1. The number of anilines is 1. The molecule has 1 atom stereocenters. The van der Waals surface area contributed by atoms with Crippen molar-refractivity contribution in [3.8, 4) is 5.75 Å². The average molecular weight is 218 g/mol. The SMILES string of the molecule is Nc1cccc2c1CC(NC1CCC1)CO2. The van der Waals surface area contributed by atoms with Gasteiger partial charge in [-0.25, -0.2) is 0 Å². The Morgan fingerprint density at radius 3 is 2.88 bits per heavy atom. The van der Waals surface area contributed by atoms with E-state index in [2.05, 4.69) is 5.32 Å². The van der Waals surface area contributed by atoms with Crippen LogP contribution >= 0.6 is 0 Å². The van der Waals surface area contributed by atoms with Crippen LogP contribution in [0.25, 0.3) is 0 Å². The summed E-state index contributed by atoms with van der Waals surface area (Å²) in [4.78, 5) is 0. The van der Waals surface area contributed by atoms with Crippen LogP contribution in [0.2, 0.25) is 0 Å². The third-order valence-corrected chi connectivity index (χ3v) is 3.64. The number of benzene rings is 1. The molecule has 0 aromatic heterocycles. The molecule has 3 nitrogen and oxygen atoms in total. The molecule has 1 aromatic carbocycles. The lowest BCUT2D eigenvalue weighted by Crippen LogP contribution is -2.47. The quantitative estimate of drug-likeness (QED) is 0.743. The highest BCUT2D eigenvalue weighted by atomic mass is 16.5. The zero-order chi connectivity index (χ0) is 11.0. The van der Waals surface area contributed by atoms with Crippen molar-refractivity contribution in [3.63, 3.8) is 0 Å². The minimum absolute atomic E-state index is 0.433. The van der Waals surface area contributed by atoms with Gasteiger partial charge in [0.2, 0.25) is 0 Å². The molecule has 1 aliphatic heterocycles. The van der Waals surface area contributed by atoms with E-state index in [9.17, 15) is 0 Å². The van der Waals surface area contributed by atoms with Crippen molar-refractivity contribution < 1.29 is 4.74 Å². The summed E-state index contributed by atoms with van der Waals surface area (Å²) in [5.41, 5.74) is 8.00. The van der Waals surface area contributed by atoms with Crippen LogP contribution in [-0.4, -0.2) is 18.7 Å². The molecule has 1 unspecified atom stereocenters. The Morgan fingerprint density at radius 1 is 1.25 bits per heavy atom. The number of hydrogen-bond donors (Lipinski definition) is 2. The second-order valence-electron chi connectivity index (χ2n) is 4.83. The highest BCUT2D eigenvalue weighted by Gasteiger charge is 2.26. The van der Waals surface area contributed by atoms with Crippen molar-refractivity contribution in [1.82, 2.24) is 5.32 Å². The van der Waals surface area contributed by atoms with Crippen LogP contribution in [0.4, 0.5) is 5.69 Å². The smallest absolute Gasteiger partial charge is 0.124 e. The fourth-order valence-electron chi connectivity index (χ4n) is 2.45. The summed E-state index contributed by atoms with van der Waals surface area (Å²) < 4.78 is 5.74. The number of nitrogen functional groups attached to an aromatic ring is 1. The van der Waals surface area contributed by atoms with E-state index in [0.29, 0.717) is 12.1 Å². The van der Waals surface area contributed by atoms with Gasteiger partial charge in [0.15, 0.2) is 0 Å². The average Bonchev–Trinajstić information content (AvgIpc) is 2.24. The Morgan fingerprint density at radius 2 is 2.12 bits per heavy atom. The zero-order valence-electron chi connectivity index (χ0n) is 9.41. The Bertz CT molecular complexity index is 388. The molecule has 1 aromatic rings. The molecule has 1 saturated carbocycles. The van der Waals surface area contributed by atoms with Crippen LogP contribution in [0.15, 0.2) is 18.2 Å². The van der Waals surface area contributed by atoms with E-state index in [1.807, 2.05) is 18.2 Å². The van der Waals surface area contributed by atoms with Gasteiger partial charge in [0.05, 0.1) is 0 Å². The molecule has 1 aliphatic carbocycles. The first-order valence-electron chi connectivity index (χ1n) is 6.09. The molecule has 3 heteroatoms. The van der Waals surface area contributed by atoms with Gasteiger partial charge in [-0.3, -0.25) is 0 Å². The van der Waals surface area contributed by atoms with Crippen LogP contribution in [-0.2, 0) is 6.42 Å². The third-order valence-electron chi connectivity index (χ3n) is 3.64. The minimum Gasteiger partial charge on any atom is -0.492 e. The summed E-state index contributed by atoms with van der Waals surface area (Å²) in [7, 11) is 0. The van der Waals surface area contributed by atoms with E-state index in [1.165, 1.54) is 24.8 Å². The van der Waals surface area contributed by atoms with E-state index in [0.717, 1.165) is 24.5 Å². The predicted octanol–water partition coefficient (Wildman–Crippen LogP) is 1.71. The molecule has 1 fully saturated rings. The monoisotopic (exact) mass is 218 g/mol. The molecule has 0 amide bonds. The standard InChI is InChI=1S/C13H18N2O/c14-12-5-2-6-13-11(12)7-10(8-16-13)15-9-3-1-4-9/h2,5-6,9-10,15H,1,3-4,7-8,14H2. The van der Waals surface area contributed by atoms with Crippen molar-refractivity contribution in [3.05, 3.63) is 23.8 Å². The second kappa shape index (κ2) is 3.98. The van der Waals surface area contributed by atoms with Gasteiger partial charge in [-0.1, -0.05) is 12.5 Å². The third kappa shape index (κ3) is 1.76. The zero-order valence-corrected chi connectivity index (χ0v) is 9.41. The van der Waals surface area contributed by atoms with Crippen LogP contribution in [0, 0.1) is 0 Å². The molecule has 3 N–H and O–H groups in total. The Hall–Kier alpha value is -1.22. The van der Waals surface area contributed by atoms with Crippen molar-refractivity contribution in [2.45, 2.75) is 37.8 Å². The van der Waals surface area contributed by atoms with E-state index in [-0.39, 0.29) is 0 Å². The number of fused-ring (bicyclic) bond motifs is 1. The number of rotatable bonds is 2. The predicted molar refractivity (Wildman–Crippen MR) is 64.6 cm³/mol. The van der Waals surface area contributed by atoms with E-state index in [4.69, 9.17) is 10.5 Å². The lowest BCUT2D eigenvalue weighted by Gasteiger charge is -2.34. The summed E-state index contributed by atoms with van der Waals surface area (Å²) in [6.07, 6.45) is 4.99. The molecular formula is C13H18N2O. The molecule has 86 valence electrons. The first-order valence-corrected chi connectivity index (χ1v) is 6.09. The minimum atomic E-state index is 0.433. The van der Waals surface area contributed by atoms with E-state index < -0.39 is 0 Å². The lowest BCUT2D eigenvalue weighted by atomic mass is 9.91. The number of ether oxygens (including phenoxy) is 1. The second-order valence-corrected chi connectivity index (χ2v) is 4.83. The maximum atomic E-state index is 5.97. The van der Waals surface area contributed by atoms with E-state index in [1.54, 1.807) is 0 Å². The van der Waals surface area contributed by atoms with Gasteiger partial charge < -0.3 is 15.8 Å². The molecule has 1 heterocycles. The molecule has 0 bridgehead atoms. The highest BCUT2D eigenvalue weighted by Crippen LogP contribution is 2.30. The lowest BCUT2D eigenvalue weighted by molar-refractivity contribution is 0.204. The van der Waals surface area contributed by atoms with Crippen LogP contribution in [0.5, 0.6) is 5.75 Å². The summed E-state index contributed by atoms with van der Waals surface area (Å²) >= 11 is 0. The van der Waals surface area contributed by atoms with Crippen molar-refractivity contribution in [2.75, 3.05) is 12.3 Å². The van der Waals surface area contributed by atoms with Gasteiger partial charge >= 0.3 is 0 Å². The van der Waals surface area contributed by atoms with Crippen molar-refractivity contribution in [2.24, 2.45) is 0 Å². The van der Waals surface area contributed by atoms with Gasteiger partial charge in [0.25, 0.3) is 0 Å². The molecule has 2 aliphatic rings.